The molecule has 0 saturated heterocycles. The van der Waals surface area contributed by atoms with Crippen molar-refractivity contribution in [3.63, 3.8) is 0 Å². The van der Waals surface area contributed by atoms with Crippen molar-refractivity contribution in [1.82, 2.24) is 0 Å². The van der Waals surface area contributed by atoms with Gasteiger partial charge in [0, 0.05) is 0 Å². The number of terminal acetylenes is 1. The van der Waals surface area contributed by atoms with Crippen molar-refractivity contribution in [2.75, 3.05) is 52.9 Å². The average Bonchev–Trinajstić information content (AvgIpc) is 2.31. The van der Waals surface area contributed by atoms with E-state index in [2.05, 4.69) is 12.5 Å². The second-order valence-electron chi connectivity index (χ2n) is 2.85. The van der Waals surface area contributed by atoms with Crippen molar-refractivity contribution >= 4 is 0 Å². The Balaban J connectivity index is 2.88. The van der Waals surface area contributed by atoms with Crippen molar-refractivity contribution in [2.45, 2.75) is 0 Å². The highest BCUT2D eigenvalue weighted by Crippen LogP contribution is 1.82. The molecule has 0 spiro atoms. The Kier molecular flexibility index (Phi) is 13.4. The van der Waals surface area contributed by atoms with E-state index < -0.39 is 0 Å². The van der Waals surface area contributed by atoms with Crippen LogP contribution in [0.3, 0.4) is 0 Å². The third-order valence-electron chi connectivity index (χ3n) is 1.54. The van der Waals surface area contributed by atoms with Crippen molar-refractivity contribution in [1.29, 1.82) is 0 Å². The van der Waals surface area contributed by atoms with Crippen LogP contribution in [0.1, 0.15) is 0 Å². The predicted molar refractivity (Wildman–Crippen MR) is 62.3 cm³/mol. The summed E-state index contributed by atoms with van der Waals surface area (Å²) in [5, 5.41) is 0. The lowest BCUT2D eigenvalue weighted by atomic mass is 10.6. The molecule has 4 heteroatoms. The van der Waals surface area contributed by atoms with Gasteiger partial charge < -0.3 is 18.9 Å². The number of ether oxygens (including phenoxy) is 4. The zero-order chi connectivity index (χ0) is 11.9. The van der Waals surface area contributed by atoms with Crippen LogP contribution in [0.2, 0.25) is 0 Å². The van der Waals surface area contributed by atoms with Gasteiger partial charge in [0.2, 0.25) is 0 Å². The fourth-order valence-electron chi connectivity index (χ4n) is 0.855. The van der Waals surface area contributed by atoms with Gasteiger partial charge in [-0.05, 0) is 0 Å². The smallest absolute Gasteiger partial charge is 0.107 e. The summed E-state index contributed by atoms with van der Waals surface area (Å²) in [4.78, 5) is 0. The molecule has 0 unspecified atom stereocenters. The van der Waals surface area contributed by atoms with Crippen LogP contribution in [0.4, 0.5) is 0 Å². The summed E-state index contributed by atoms with van der Waals surface area (Å²) >= 11 is 0. The normalized spacial score (nSPS) is 9.94. The first-order chi connectivity index (χ1) is 7.91. The van der Waals surface area contributed by atoms with E-state index in [0.29, 0.717) is 52.9 Å². The molecule has 0 aromatic heterocycles. The van der Waals surface area contributed by atoms with Crippen LogP contribution in [0.5, 0.6) is 0 Å². The van der Waals surface area contributed by atoms with E-state index in [1.54, 1.807) is 6.08 Å². The monoisotopic (exact) mass is 228 g/mol. The highest BCUT2D eigenvalue weighted by atomic mass is 16.6. The Morgan fingerprint density at radius 1 is 0.875 bits per heavy atom. The maximum atomic E-state index is 5.25. The minimum absolute atomic E-state index is 0.334. The molecule has 0 saturated carbocycles. The Morgan fingerprint density at radius 3 is 1.88 bits per heavy atom. The molecule has 0 bridgehead atoms. The van der Waals surface area contributed by atoms with E-state index in [1.165, 1.54) is 0 Å². The van der Waals surface area contributed by atoms with Crippen LogP contribution in [0, 0.1) is 12.3 Å². The standard InChI is InChI=1S/C12H20O4/c1-3-5-13-7-9-15-11-12-16-10-8-14-6-4-2/h1,4H,2,5-12H2. The first-order valence-corrected chi connectivity index (χ1v) is 5.27. The van der Waals surface area contributed by atoms with Gasteiger partial charge in [-0.2, -0.15) is 0 Å². The molecule has 0 fully saturated rings. The third kappa shape index (κ3) is 13.1. The maximum absolute atomic E-state index is 5.25. The predicted octanol–water partition coefficient (Wildman–Crippen LogP) is 0.872. The number of hydrogen-bond acceptors (Lipinski definition) is 4. The minimum Gasteiger partial charge on any atom is -0.377 e. The summed E-state index contributed by atoms with van der Waals surface area (Å²) in [6.45, 7) is 7.77. The lowest BCUT2D eigenvalue weighted by molar-refractivity contribution is 0.00442. The quantitative estimate of drug-likeness (QED) is 0.282. The van der Waals surface area contributed by atoms with Crippen LogP contribution in [-0.2, 0) is 18.9 Å². The van der Waals surface area contributed by atoms with Crippen molar-refractivity contribution < 1.29 is 18.9 Å². The summed E-state index contributed by atoms with van der Waals surface area (Å²) in [6, 6.07) is 0. The Morgan fingerprint density at radius 2 is 1.38 bits per heavy atom. The van der Waals surface area contributed by atoms with Crippen molar-refractivity contribution in [3.05, 3.63) is 12.7 Å². The zero-order valence-electron chi connectivity index (χ0n) is 9.65. The molecule has 0 heterocycles. The fraction of sp³-hybridized carbons (Fsp3) is 0.667. The average molecular weight is 228 g/mol. The van der Waals surface area contributed by atoms with Gasteiger partial charge in [-0.25, -0.2) is 0 Å². The lowest BCUT2D eigenvalue weighted by Crippen LogP contribution is -2.11. The molecule has 4 nitrogen and oxygen atoms in total. The third-order valence-corrected chi connectivity index (χ3v) is 1.54. The molecule has 0 amide bonds. The first-order valence-electron chi connectivity index (χ1n) is 5.27. The van der Waals surface area contributed by atoms with E-state index in [1.807, 2.05) is 0 Å². The molecule has 0 N–H and O–H groups in total. The molecule has 0 aromatic rings. The lowest BCUT2D eigenvalue weighted by Gasteiger charge is -2.05. The van der Waals surface area contributed by atoms with Gasteiger partial charge in [0.25, 0.3) is 0 Å². The van der Waals surface area contributed by atoms with Gasteiger partial charge in [-0.15, -0.1) is 13.0 Å². The van der Waals surface area contributed by atoms with E-state index in [4.69, 9.17) is 25.4 Å². The molecule has 0 atom stereocenters. The molecule has 92 valence electrons. The molecule has 0 aliphatic heterocycles. The largest absolute Gasteiger partial charge is 0.377 e. The molecular formula is C12H20O4. The fourth-order valence-corrected chi connectivity index (χ4v) is 0.855. The zero-order valence-corrected chi connectivity index (χ0v) is 9.65. The summed E-state index contributed by atoms with van der Waals surface area (Å²) in [5.74, 6) is 2.38. The van der Waals surface area contributed by atoms with Crippen molar-refractivity contribution in [3.8, 4) is 12.3 Å². The molecule has 0 aliphatic rings. The summed E-state index contributed by atoms with van der Waals surface area (Å²) in [7, 11) is 0. The van der Waals surface area contributed by atoms with Gasteiger partial charge in [0.15, 0.2) is 0 Å². The van der Waals surface area contributed by atoms with Crippen LogP contribution in [0.15, 0.2) is 12.7 Å². The number of hydrogen-bond donors (Lipinski definition) is 0. The van der Waals surface area contributed by atoms with Crippen molar-refractivity contribution in [2.24, 2.45) is 0 Å². The van der Waals surface area contributed by atoms with Gasteiger partial charge >= 0.3 is 0 Å². The molecule has 0 rings (SSSR count). The Labute approximate surface area is 97.5 Å². The van der Waals surface area contributed by atoms with E-state index in [0.717, 1.165) is 0 Å². The van der Waals surface area contributed by atoms with Crippen LogP contribution < -0.4 is 0 Å². The van der Waals surface area contributed by atoms with E-state index >= 15 is 0 Å². The topological polar surface area (TPSA) is 36.9 Å². The van der Waals surface area contributed by atoms with Gasteiger partial charge in [0.1, 0.15) is 6.61 Å². The van der Waals surface area contributed by atoms with Crippen LogP contribution >= 0.6 is 0 Å². The second kappa shape index (κ2) is 14.1. The summed E-state index contributed by atoms with van der Waals surface area (Å²) in [6.07, 6.45) is 6.71. The highest BCUT2D eigenvalue weighted by Gasteiger charge is 1.90. The summed E-state index contributed by atoms with van der Waals surface area (Å²) in [5.41, 5.74) is 0. The highest BCUT2D eigenvalue weighted by molar-refractivity contribution is 4.82. The van der Waals surface area contributed by atoms with E-state index in [-0.39, 0.29) is 0 Å². The maximum Gasteiger partial charge on any atom is 0.107 e. The number of rotatable bonds is 12. The molecule has 0 aliphatic carbocycles. The van der Waals surface area contributed by atoms with E-state index in [9.17, 15) is 0 Å². The summed E-state index contributed by atoms with van der Waals surface area (Å²) < 4.78 is 20.6. The molecule has 0 radical (unpaired) electrons. The Hall–Kier alpha value is -0.860. The molecular weight excluding hydrogens is 208 g/mol. The SMILES string of the molecule is C#CCOCCOCCOCCOCC=C. The second-order valence-corrected chi connectivity index (χ2v) is 2.85. The van der Waals surface area contributed by atoms with Crippen LogP contribution in [0.25, 0.3) is 0 Å². The van der Waals surface area contributed by atoms with Gasteiger partial charge in [-0.1, -0.05) is 12.0 Å². The minimum atomic E-state index is 0.334. The Bertz CT molecular complexity index is 186. The molecule has 0 aromatic carbocycles. The first kappa shape index (κ1) is 15.1. The van der Waals surface area contributed by atoms with Gasteiger partial charge in [0.05, 0.1) is 46.2 Å². The van der Waals surface area contributed by atoms with Gasteiger partial charge in [-0.3, -0.25) is 0 Å². The van der Waals surface area contributed by atoms with Crippen LogP contribution in [-0.4, -0.2) is 52.9 Å². The molecule has 16 heavy (non-hydrogen) atoms.